The Hall–Kier alpha value is -3.28. The molecule has 2 aliphatic heterocycles. The summed E-state index contributed by atoms with van der Waals surface area (Å²) in [4.78, 5) is 30.9. The Labute approximate surface area is 195 Å². The molecule has 0 radical (unpaired) electrons. The van der Waals surface area contributed by atoms with Crippen molar-refractivity contribution >= 4 is 23.1 Å². The van der Waals surface area contributed by atoms with Crippen LogP contribution in [0.25, 0.3) is 5.57 Å². The summed E-state index contributed by atoms with van der Waals surface area (Å²) >= 11 is 0. The highest BCUT2D eigenvalue weighted by molar-refractivity contribution is 6.45. The minimum Gasteiger partial charge on any atom is -0.494 e. The summed E-state index contributed by atoms with van der Waals surface area (Å²) in [5.41, 5.74) is 2.21. The van der Waals surface area contributed by atoms with Gasteiger partial charge >= 0.3 is 0 Å². The summed E-state index contributed by atoms with van der Waals surface area (Å²) in [5, 5.41) is 0. The van der Waals surface area contributed by atoms with Crippen LogP contribution in [0.3, 0.4) is 0 Å². The van der Waals surface area contributed by atoms with Gasteiger partial charge in [-0.15, -0.1) is 0 Å². The average Bonchev–Trinajstić information content (AvgIpc) is 3.08. The van der Waals surface area contributed by atoms with E-state index in [9.17, 15) is 9.59 Å². The molecule has 0 saturated carbocycles. The first-order chi connectivity index (χ1) is 16.0. The Morgan fingerprint density at radius 1 is 0.970 bits per heavy atom. The molecule has 33 heavy (non-hydrogen) atoms. The van der Waals surface area contributed by atoms with Crippen molar-refractivity contribution in [3.05, 3.63) is 59.8 Å². The predicted octanol–water partition coefficient (Wildman–Crippen LogP) is 4.89. The average molecular weight is 449 g/mol. The molecule has 1 atom stereocenters. The normalized spacial score (nSPS) is 18.8. The van der Waals surface area contributed by atoms with Gasteiger partial charge in [-0.1, -0.05) is 32.0 Å². The number of benzene rings is 2. The molecule has 0 aromatic heterocycles. The van der Waals surface area contributed by atoms with E-state index in [1.165, 1.54) is 4.90 Å². The van der Waals surface area contributed by atoms with E-state index in [2.05, 4.69) is 11.8 Å². The molecule has 1 fully saturated rings. The zero-order valence-corrected chi connectivity index (χ0v) is 19.7. The SMILES string of the molecule is CCCOc1cccc(N2C(=O)C(c3ccc(OCC)cc3)=C(N3CCCC(C)C3)C2=O)c1. The number of anilines is 1. The van der Waals surface area contributed by atoms with E-state index in [1.54, 1.807) is 12.1 Å². The third-order valence-electron chi connectivity index (χ3n) is 6.04. The fraction of sp³-hybridized carbons (Fsp3) is 0.407. The zero-order chi connectivity index (χ0) is 23.4. The molecule has 2 aromatic rings. The molecule has 0 bridgehead atoms. The van der Waals surface area contributed by atoms with Gasteiger partial charge in [-0.2, -0.15) is 0 Å². The highest BCUT2D eigenvalue weighted by Crippen LogP contribution is 2.37. The molecule has 0 aliphatic carbocycles. The molecule has 1 unspecified atom stereocenters. The van der Waals surface area contributed by atoms with E-state index >= 15 is 0 Å². The van der Waals surface area contributed by atoms with Crippen LogP contribution in [-0.2, 0) is 9.59 Å². The number of hydrogen-bond donors (Lipinski definition) is 0. The fourth-order valence-corrected chi connectivity index (χ4v) is 4.52. The van der Waals surface area contributed by atoms with Crippen molar-refractivity contribution in [1.82, 2.24) is 4.90 Å². The number of carbonyl (C=O) groups is 2. The lowest BCUT2D eigenvalue weighted by Crippen LogP contribution is -2.39. The Morgan fingerprint density at radius 3 is 2.45 bits per heavy atom. The molecule has 2 aliphatic rings. The van der Waals surface area contributed by atoms with E-state index in [4.69, 9.17) is 9.47 Å². The lowest BCUT2D eigenvalue weighted by Gasteiger charge is -2.33. The standard InChI is InChI=1S/C27H32N2O4/c1-4-16-33-23-10-6-9-21(17-23)29-26(30)24(20-11-13-22(14-12-20)32-5-2)25(27(29)31)28-15-7-8-19(3)18-28/h6,9-14,17,19H,4-5,7-8,15-16,18H2,1-3H3. The number of rotatable bonds is 8. The van der Waals surface area contributed by atoms with Crippen LogP contribution in [0.2, 0.25) is 0 Å². The maximum absolute atomic E-state index is 13.7. The van der Waals surface area contributed by atoms with Crippen LogP contribution < -0.4 is 14.4 Å². The van der Waals surface area contributed by atoms with Gasteiger partial charge in [0.15, 0.2) is 0 Å². The van der Waals surface area contributed by atoms with E-state index < -0.39 is 0 Å². The van der Waals surface area contributed by atoms with Gasteiger partial charge in [-0.3, -0.25) is 9.59 Å². The van der Waals surface area contributed by atoms with Gasteiger partial charge in [0.05, 0.1) is 24.5 Å². The zero-order valence-electron chi connectivity index (χ0n) is 19.7. The van der Waals surface area contributed by atoms with Crippen LogP contribution >= 0.6 is 0 Å². The van der Waals surface area contributed by atoms with Gasteiger partial charge in [0.2, 0.25) is 0 Å². The lowest BCUT2D eigenvalue weighted by atomic mass is 9.97. The fourth-order valence-electron chi connectivity index (χ4n) is 4.52. The Kier molecular flexibility index (Phi) is 7.02. The van der Waals surface area contributed by atoms with Crippen LogP contribution in [0, 0.1) is 5.92 Å². The first-order valence-electron chi connectivity index (χ1n) is 11.9. The second-order valence-electron chi connectivity index (χ2n) is 8.67. The summed E-state index contributed by atoms with van der Waals surface area (Å²) in [6.07, 6.45) is 3.01. The number of imide groups is 1. The molecular formula is C27H32N2O4. The molecule has 2 heterocycles. The quantitative estimate of drug-likeness (QED) is 0.538. The van der Waals surface area contributed by atoms with Crippen molar-refractivity contribution in [3.8, 4) is 11.5 Å². The molecular weight excluding hydrogens is 416 g/mol. The topological polar surface area (TPSA) is 59.1 Å². The Bertz CT molecular complexity index is 1040. The smallest absolute Gasteiger partial charge is 0.282 e. The number of carbonyl (C=O) groups excluding carboxylic acids is 2. The third kappa shape index (κ3) is 4.75. The maximum Gasteiger partial charge on any atom is 0.282 e. The number of likely N-dealkylation sites (tertiary alicyclic amines) is 1. The lowest BCUT2D eigenvalue weighted by molar-refractivity contribution is -0.120. The summed E-state index contributed by atoms with van der Waals surface area (Å²) in [7, 11) is 0. The molecule has 6 nitrogen and oxygen atoms in total. The van der Waals surface area contributed by atoms with Crippen LogP contribution in [0.15, 0.2) is 54.2 Å². The summed E-state index contributed by atoms with van der Waals surface area (Å²) in [5.74, 6) is 1.29. The van der Waals surface area contributed by atoms with Gasteiger partial charge < -0.3 is 14.4 Å². The molecule has 2 amide bonds. The summed E-state index contributed by atoms with van der Waals surface area (Å²) in [6, 6.07) is 14.6. The molecule has 174 valence electrons. The Morgan fingerprint density at radius 2 is 1.76 bits per heavy atom. The van der Waals surface area contributed by atoms with Crippen LogP contribution in [0.1, 0.15) is 45.6 Å². The second kappa shape index (κ2) is 10.1. The third-order valence-corrected chi connectivity index (χ3v) is 6.04. The van der Waals surface area contributed by atoms with Gasteiger partial charge in [-0.05, 0) is 61.9 Å². The molecule has 2 aromatic carbocycles. The number of hydrogen-bond acceptors (Lipinski definition) is 5. The largest absolute Gasteiger partial charge is 0.494 e. The molecule has 0 N–H and O–H groups in total. The van der Waals surface area contributed by atoms with Crippen molar-refractivity contribution in [3.63, 3.8) is 0 Å². The Balaban J connectivity index is 1.74. The van der Waals surface area contributed by atoms with E-state index in [-0.39, 0.29) is 11.8 Å². The molecule has 4 rings (SSSR count). The van der Waals surface area contributed by atoms with Crippen molar-refractivity contribution < 1.29 is 19.1 Å². The van der Waals surface area contributed by atoms with E-state index in [0.717, 1.165) is 43.7 Å². The number of amides is 2. The first kappa shape index (κ1) is 22.9. The highest BCUT2D eigenvalue weighted by atomic mass is 16.5. The predicted molar refractivity (Wildman–Crippen MR) is 129 cm³/mol. The van der Waals surface area contributed by atoms with Gasteiger partial charge in [0.25, 0.3) is 11.8 Å². The van der Waals surface area contributed by atoms with Crippen molar-refractivity contribution in [2.75, 3.05) is 31.2 Å². The first-order valence-corrected chi connectivity index (χ1v) is 11.9. The summed E-state index contributed by atoms with van der Waals surface area (Å²) in [6.45, 7) is 8.85. The minimum atomic E-state index is -0.301. The monoisotopic (exact) mass is 448 g/mol. The number of ether oxygens (including phenoxy) is 2. The van der Waals surface area contributed by atoms with Gasteiger partial charge in [-0.25, -0.2) is 4.90 Å². The summed E-state index contributed by atoms with van der Waals surface area (Å²) < 4.78 is 11.3. The van der Waals surface area contributed by atoms with Gasteiger partial charge in [0, 0.05) is 19.2 Å². The second-order valence-corrected chi connectivity index (χ2v) is 8.67. The molecule has 0 spiro atoms. The molecule has 6 heteroatoms. The minimum absolute atomic E-state index is 0.273. The van der Waals surface area contributed by atoms with Crippen LogP contribution in [0.4, 0.5) is 5.69 Å². The van der Waals surface area contributed by atoms with E-state index in [1.807, 2.05) is 50.2 Å². The van der Waals surface area contributed by atoms with Crippen molar-refractivity contribution in [1.29, 1.82) is 0 Å². The number of nitrogens with zero attached hydrogens (tertiary/aromatic N) is 2. The maximum atomic E-state index is 13.7. The van der Waals surface area contributed by atoms with Crippen LogP contribution in [0.5, 0.6) is 11.5 Å². The van der Waals surface area contributed by atoms with Crippen molar-refractivity contribution in [2.45, 2.75) is 40.0 Å². The number of piperidine rings is 1. The highest BCUT2D eigenvalue weighted by Gasteiger charge is 2.43. The van der Waals surface area contributed by atoms with Gasteiger partial charge in [0.1, 0.15) is 17.2 Å². The molecule has 1 saturated heterocycles. The van der Waals surface area contributed by atoms with Crippen molar-refractivity contribution in [2.24, 2.45) is 5.92 Å². The van der Waals surface area contributed by atoms with E-state index in [0.29, 0.717) is 41.8 Å². The van der Waals surface area contributed by atoms with Crippen LogP contribution in [-0.4, -0.2) is 43.0 Å².